The molecule has 0 aliphatic carbocycles. The molecule has 0 spiro atoms. The van der Waals surface area contributed by atoms with E-state index in [9.17, 15) is 4.79 Å². The van der Waals surface area contributed by atoms with Crippen LogP contribution in [0.25, 0.3) is 0 Å². The number of halogens is 1. The molecule has 1 aromatic carbocycles. The summed E-state index contributed by atoms with van der Waals surface area (Å²) in [4.78, 5) is 16.6. The van der Waals surface area contributed by atoms with Gasteiger partial charge in [-0.1, -0.05) is 15.9 Å². The van der Waals surface area contributed by atoms with Gasteiger partial charge in [0.05, 0.1) is 5.56 Å². The minimum Gasteiger partial charge on any atom is -0.398 e. The molecule has 0 radical (unpaired) electrons. The standard InChI is InChI=1S/C14H20BrN3O/c1-17-7-3-4-11(9-17)18(2)14(19)12-8-10(15)5-6-13(12)16/h5-6,8,11H,3-4,7,9,16H2,1-2H3. The maximum absolute atomic E-state index is 12.5. The molecule has 1 heterocycles. The van der Waals surface area contributed by atoms with Crippen LogP contribution in [0.4, 0.5) is 5.69 Å². The quantitative estimate of drug-likeness (QED) is 0.848. The highest BCUT2D eigenvalue weighted by Gasteiger charge is 2.26. The first-order valence-electron chi connectivity index (χ1n) is 6.50. The third-order valence-corrected chi connectivity index (χ3v) is 4.21. The Labute approximate surface area is 122 Å². The topological polar surface area (TPSA) is 49.6 Å². The average molecular weight is 326 g/mol. The molecule has 4 nitrogen and oxygen atoms in total. The molecule has 0 bridgehead atoms. The molecule has 2 rings (SSSR count). The van der Waals surface area contributed by atoms with Gasteiger partial charge in [-0.3, -0.25) is 4.79 Å². The van der Waals surface area contributed by atoms with Gasteiger partial charge in [0.2, 0.25) is 0 Å². The fourth-order valence-electron chi connectivity index (χ4n) is 2.52. The van der Waals surface area contributed by atoms with Crippen LogP contribution in [0.15, 0.2) is 22.7 Å². The molecular weight excluding hydrogens is 306 g/mol. The predicted octanol–water partition coefficient (Wildman–Crippen LogP) is 2.20. The number of nitrogen functional groups attached to an aromatic ring is 1. The summed E-state index contributed by atoms with van der Waals surface area (Å²) in [5.41, 5.74) is 7.01. The van der Waals surface area contributed by atoms with E-state index >= 15 is 0 Å². The van der Waals surface area contributed by atoms with Crippen molar-refractivity contribution in [3.63, 3.8) is 0 Å². The third kappa shape index (κ3) is 3.28. The lowest BCUT2D eigenvalue weighted by Crippen LogP contribution is -2.47. The van der Waals surface area contributed by atoms with Crippen LogP contribution >= 0.6 is 15.9 Å². The fourth-order valence-corrected chi connectivity index (χ4v) is 2.89. The van der Waals surface area contributed by atoms with Crippen molar-refractivity contribution in [1.29, 1.82) is 0 Å². The zero-order valence-electron chi connectivity index (χ0n) is 11.4. The molecule has 19 heavy (non-hydrogen) atoms. The molecule has 5 heteroatoms. The van der Waals surface area contributed by atoms with Gasteiger partial charge >= 0.3 is 0 Å². The van der Waals surface area contributed by atoms with E-state index in [-0.39, 0.29) is 11.9 Å². The molecule has 104 valence electrons. The second-order valence-electron chi connectivity index (χ2n) is 5.21. The van der Waals surface area contributed by atoms with E-state index in [1.54, 1.807) is 12.1 Å². The lowest BCUT2D eigenvalue weighted by atomic mass is 10.0. The van der Waals surface area contributed by atoms with Crippen molar-refractivity contribution in [3.8, 4) is 0 Å². The van der Waals surface area contributed by atoms with Gasteiger partial charge < -0.3 is 15.5 Å². The number of benzene rings is 1. The van der Waals surface area contributed by atoms with Crippen molar-refractivity contribution < 1.29 is 4.79 Å². The summed E-state index contributed by atoms with van der Waals surface area (Å²) in [6.45, 7) is 2.04. The van der Waals surface area contributed by atoms with Crippen molar-refractivity contribution in [2.75, 3.05) is 32.9 Å². The first-order valence-corrected chi connectivity index (χ1v) is 7.29. The van der Waals surface area contributed by atoms with Crippen LogP contribution in [0.1, 0.15) is 23.2 Å². The molecule has 0 aromatic heterocycles. The summed E-state index contributed by atoms with van der Waals surface area (Å²) >= 11 is 3.38. The van der Waals surface area contributed by atoms with E-state index in [4.69, 9.17) is 5.73 Å². The average Bonchev–Trinajstić information content (AvgIpc) is 2.40. The molecule has 1 amide bonds. The summed E-state index contributed by atoms with van der Waals surface area (Å²) in [7, 11) is 3.96. The van der Waals surface area contributed by atoms with Crippen molar-refractivity contribution in [1.82, 2.24) is 9.80 Å². The number of amides is 1. The Hall–Kier alpha value is -1.07. The number of hydrogen-bond donors (Lipinski definition) is 1. The van der Waals surface area contributed by atoms with E-state index in [2.05, 4.69) is 27.9 Å². The second-order valence-corrected chi connectivity index (χ2v) is 6.12. The number of hydrogen-bond acceptors (Lipinski definition) is 3. The molecule has 1 saturated heterocycles. The first kappa shape index (κ1) is 14.3. The molecule has 1 aromatic rings. The van der Waals surface area contributed by atoms with Gasteiger partial charge in [0.15, 0.2) is 0 Å². The van der Waals surface area contributed by atoms with Gasteiger partial charge in [0.1, 0.15) is 0 Å². The number of nitrogens with zero attached hydrogens (tertiary/aromatic N) is 2. The van der Waals surface area contributed by atoms with Gasteiger partial charge in [-0.2, -0.15) is 0 Å². The van der Waals surface area contributed by atoms with E-state index in [1.165, 1.54) is 0 Å². The Morgan fingerprint density at radius 2 is 2.26 bits per heavy atom. The van der Waals surface area contributed by atoms with Gasteiger partial charge in [0, 0.05) is 29.8 Å². The SMILES string of the molecule is CN1CCCC(N(C)C(=O)c2cc(Br)ccc2N)C1. The van der Waals surface area contributed by atoms with Gasteiger partial charge in [-0.25, -0.2) is 0 Å². The molecule has 2 N–H and O–H groups in total. The number of carbonyl (C=O) groups excluding carboxylic acids is 1. The van der Waals surface area contributed by atoms with E-state index in [0.717, 1.165) is 30.4 Å². The number of carbonyl (C=O) groups is 1. The highest BCUT2D eigenvalue weighted by Crippen LogP contribution is 2.22. The van der Waals surface area contributed by atoms with E-state index < -0.39 is 0 Å². The number of likely N-dealkylation sites (tertiary alicyclic amines) is 1. The number of piperidine rings is 1. The summed E-state index contributed by atoms with van der Waals surface area (Å²) < 4.78 is 0.874. The summed E-state index contributed by atoms with van der Waals surface area (Å²) in [6.07, 6.45) is 2.19. The lowest BCUT2D eigenvalue weighted by molar-refractivity contribution is 0.0645. The molecule has 0 saturated carbocycles. The maximum atomic E-state index is 12.5. The van der Waals surface area contributed by atoms with Crippen molar-refractivity contribution in [2.24, 2.45) is 0 Å². The largest absolute Gasteiger partial charge is 0.398 e. The minimum atomic E-state index is -0.000833. The molecule has 1 unspecified atom stereocenters. The van der Waals surface area contributed by atoms with E-state index in [0.29, 0.717) is 11.3 Å². The zero-order chi connectivity index (χ0) is 14.0. The maximum Gasteiger partial charge on any atom is 0.256 e. The number of likely N-dealkylation sites (N-methyl/N-ethyl adjacent to an activating group) is 2. The summed E-state index contributed by atoms with van der Waals surface area (Å²) in [5.74, 6) is -0.000833. The zero-order valence-corrected chi connectivity index (χ0v) is 13.0. The van der Waals surface area contributed by atoms with Crippen LogP contribution in [0, 0.1) is 0 Å². The molecule has 1 aliphatic heterocycles. The van der Waals surface area contributed by atoms with Crippen LogP contribution < -0.4 is 5.73 Å². The normalized spacial score (nSPS) is 20.3. The third-order valence-electron chi connectivity index (χ3n) is 3.71. The number of nitrogens with two attached hydrogens (primary N) is 1. The Kier molecular flexibility index (Phi) is 4.47. The Balaban J connectivity index is 2.16. The van der Waals surface area contributed by atoms with Crippen LogP contribution in [0.3, 0.4) is 0 Å². The predicted molar refractivity (Wildman–Crippen MR) is 81.2 cm³/mol. The van der Waals surface area contributed by atoms with Gasteiger partial charge in [0.25, 0.3) is 5.91 Å². The molecular formula is C14H20BrN3O. The lowest BCUT2D eigenvalue weighted by Gasteiger charge is -2.36. The smallest absolute Gasteiger partial charge is 0.256 e. The fraction of sp³-hybridized carbons (Fsp3) is 0.500. The highest BCUT2D eigenvalue weighted by molar-refractivity contribution is 9.10. The highest BCUT2D eigenvalue weighted by atomic mass is 79.9. The molecule has 1 aliphatic rings. The van der Waals surface area contributed by atoms with Crippen LogP contribution in [0.5, 0.6) is 0 Å². The van der Waals surface area contributed by atoms with Gasteiger partial charge in [-0.15, -0.1) is 0 Å². The van der Waals surface area contributed by atoms with Crippen molar-refractivity contribution >= 4 is 27.5 Å². The van der Waals surface area contributed by atoms with Gasteiger partial charge in [-0.05, 0) is 44.6 Å². The molecule has 1 atom stereocenters. The van der Waals surface area contributed by atoms with Crippen molar-refractivity contribution in [3.05, 3.63) is 28.2 Å². The first-order chi connectivity index (χ1) is 8.99. The summed E-state index contributed by atoms with van der Waals surface area (Å²) in [5, 5.41) is 0. The Morgan fingerprint density at radius 3 is 2.95 bits per heavy atom. The minimum absolute atomic E-state index is 0.000833. The second kappa shape index (κ2) is 5.92. The summed E-state index contributed by atoms with van der Waals surface area (Å²) in [6, 6.07) is 5.67. The Bertz CT molecular complexity index is 478. The van der Waals surface area contributed by atoms with Crippen LogP contribution in [-0.4, -0.2) is 48.9 Å². The van der Waals surface area contributed by atoms with Crippen LogP contribution in [-0.2, 0) is 0 Å². The van der Waals surface area contributed by atoms with Crippen molar-refractivity contribution in [2.45, 2.75) is 18.9 Å². The Morgan fingerprint density at radius 1 is 1.53 bits per heavy atom. The van der Waals surface area contributed by atoms with E-state index in [1.807, 2.05) is 18.0 Å². The monoisotopic (exact) mass is 325 g/mol. The molecule has 1 fully saturated rings. The number of anilines is 1. The van der Waals surface area contributed by atoms with Crippen LogP contribution in [0.2, 0.25) is 0 Å². The number of rotatable bonds is 2.